The number of amides is 1. The number of halogens is 2. The van der Waals surface area contributed by atoms with Crippen LogP contribution < -0.4 is 5.32 Å². The minimum Gasteiger partial charge on any atom is -0.337 e. The largest absolute Gasteiger partial charge is 0.337 e. The molecule has 0 aliphatic carbocycles. The first kappa shape index (κ1) is 18.4. The Morgan fingerprint density at radius 3 is 2.68 bits per heavy atom. The Bertz CT molecular complexity index is 565. The Kier molecular flexibility index (Phi) is 6.34. The van der Waals surface area contributed by atoms with Gasteiger partial charge in [-0.25, -0.2) is 4.39 Å². The van der Waals surface area contributed by atoms with Crippen molar-refractivity contribution in [2.24, 2.45) is 5.92 Å². The van der Waals surface area contributed by atoms with Crippen molar-refractivity contribution >= 4 is 17.5 Å². The van der Waals surface area contributed by atoms with Crippen molar-refractivity contribution in [3.8, 4) is 6.07 Å². The summed E-state index contributed by atoms with van der Waals surface area (Å²) in [5.41, 5.74) is -0.570. The molecule has 1 aromatic carbocycles. The summed E-state index contributed by atoms with van der Waals surface area (Å²) in [7, 11) is 1.70. The number of benzene rings is 1. The van der Waals surface area contributed by atoms with E-state index in [1.165, 1.54) is 12.1 Å². The highest BCUT2D eigenvalue weighted by Crippen LogP contribution is 2.20. The van der Waals surface area contributed by atoms with Gasteiger partial charge >= 0.3 is 0 Å². The maximum atomic E-state index is 13.7. The maximum Gasteiger partial charge on any atom is 0.235 e. The predicted octanol–water partition coefficient (Wildman–Crippen LogP) is 2.97. The van der Waals surface area contributed by atoms with E-state index in [0.29, 0.717) is 10.6 Å². The molecule has 0 spiro atoms. The van der Waals surface area contributed by atoms with Crippen molar-refractivity contribution in [2.75, 3.05) is 13.6 Å². The molecule has 1 atom stereocenters. The number of hydrogen-bond donors (Lipinski definition) is 1. The molecular formula is C16H21ClFN3O. The fraction of sp³-hybridized carbons (Fsp3) is 0.500. The van der Waals surface area contributed by atoms with Crippen LogP contribution in [-0.2, 0) is 11.3 Å². The van der Waals surface area contributed by atoms with Gasteiger partial charge in [0.2, 0.25) is 5.91 Å². The smallest absolute Gasteiger partial charge is 0.235 e. The highest BCUT2D eigenvalue weighted by Gasteiger charge is 2.30. The van der Waals surface area contributed by atoms with Gasteiger partial charge in [-0.2, -0.15) is 5.26 Å². The van der Waals surface area contributed by atoms with Crippen LogP contribution in [0.3, 0.4) is 0 Å². The lowest BCUT2D eigenvalue weighted by Gasteiger charge is -2.28. The van der Waals surface area contributed by atoms with E-state index in [1.54, 1.807) is 24.9 Å². The van der Waals surface area contributed by atoms with Crippen LogP contribution in [0.15, 0.2) is 18.2 Å². The van der Waals surface area contributed by atoms with Crippen LogP contribution in [0.4, 0.5) is 4.39 Å². The molecule has 1 rings (SSSR count). The zero-order valence-electron chi connectivity index (χ0n) is 13.3. The third kappa shape index (κ3) is 4.69. The highest BCUT2D eigenvalue weighted by molar-refractivity contribution is 6.31. The normalized spacial score (nSPS) is 13.8. The Morgan fingerprint density at radius 2 is 2.18 bits per heavy atom. The quantitative estimate of drug-likeness (QED) is 0.874. The lowest BCUT2D eigenvalue weighted by molar-refractivity contribution is -0.123. The number of nitriles is 1. The van der Waals surface area contributed by atoms with Crippen LogP contribution in [-0.4, -0.2) is 29.9 Å². The van der Waals surface area contributed by atoms with Crippen molar-refractivity contribution in [3.05, 3.63) is 34.6 Å². The monoisotopic (exact) mass is 325 g/mol. The molecule has 4 nitrogen and oxygen atoms in total. The fourth-order valence-corrected chi connectivity index (χ4v) is 2.11. The number of rotatable bonds is 6. The predicted molar refractivity (Wildman–Crippen MR) is 84.7 cm³/mol. The molecule has 0 bridgehead atoms. The van der Waals surface area contributed by atoms with Crippen molar-refractivity contribution in [3.63, 3.8) is 0 Å². The lowest BCUT2D eigenvalue weighted by atomic mass is 9.90. The molecule has 0 saturated carbocycles. The van der Waals surface area contributed by atoms with Crippen LogP contribution in [0.25, 0.3) is 0 Å². The van der Waals surface area contributed by atoms with Crippen LogP contribution in [0.2, 0.25) is 5.02 Å². The maximum absolute atomic E-state index is 13.7. The number of carbonyl (C=O) groups excluding carboxylic acids is 1. The van der Waals surface area contributed by atoms with Gasteiger partial charge in [-0.1, -0.05) is 31.5 Å². The zero-order chi connectivity index (χ0) is 16.9. The number of carbonyl (C=O) groups is 1. The summed E-state index contributed by atoms with van der Waals surface area (Å²) < 4.78 is 13.7. The van der Waals surface area contributed by atoms with Gasteiger partial charge in [0.25, 0.3) is 0 Å². The Hall–Kier alpha value is -1.64. The summed E-state index contributed by atoms with van der Waals surface area (Å²) in [5.74, 6) is -0.704. The molecule has 1 N–H and O–H groups in total. The van der Waals surface area contributed by atoms with E-state index in [0.717, 1.165) is 0 Å². The van der Waals surface area contributed by atoms with E-state index in [2.05, 4.69) is 11.4 Å². The average molecular weight is 326 g/mol. The number of nitrogens with zero attached hydrogens (tertiary/aromatic N) is 2. The molecule has 0 heterocycles. The van der Waals surface area contributed by atoms with E-state index in [-0.39, 0.29) is 24.9 Å². The van der Waals surface area contributed by atoms with Crippen LogP contribution in [0.5, 0.6) is 0 Å². The van der Waals surface area contributed by atoms with Crippen LogP contribution in [0, 0.1) is 23.1 Å². The number of likely N-dealkylation sites (N-methyl/N-ethyl adjacent to an activating group) is 1. The van der Waals surface area contributed by atoms with E-state index in [1.807, 2.05) is 13.8 Å². The van der Waals surface area contributed by atoms with Crippen LogP contribution >= 0.6 is 11.6 Å². The van der Waals surface area contributed by atoms with E-state index in [4.69, 9.17) is 11.6 Å². The molecule has 6 heteroatoms. The van der Waals surface area contributed by atoms with Gasteiger partial charge in [-0.05, 0) is 32.0 Å². The summed E-state index contributed by atoms with van der Waals surface area (Å²) in [5, 5.41) is 12.3. The summed E-state index contributed by atoms with van der Waals surface area (Å²) in [6, 6.07) is 6.60. The van der Waals surface area contributed by atoms with E-state index < -0.39 is 11.4 Å². The minimum atomic E-state index is -0.923. The van der Waals surface area contributed by atoms with Gasteiger partial charge in [0.05, 0.1) is 12.6 Å². The van der Waals surface area contributed by atoms with Crippen molar-refractivity contribution < 1.29 is 9.18 Å². The van der Waals surface area contributed by atoms with Gasteiger partial charge < -0.3 is 5.32 Å². The molecule has 0 aromatic heterocycles. The fourth-order valence-electron chi connectivity index (χ4n) is 1.88. The second-order valence-corrected chi connectivity index (χ2v) is 6.30. The molecule has 1 amide bonds. The molecule has 1 aromatic rings. The Labute approximate surface area is 135 Å². The first-order valence-corrected chi connectivity index (χ1v) is 7.41. The average Bonchev–Trinajstić information content (AvgIpc) is 2.42. The van der Waals surface area contributed by atoms with Crippen molar-refractivity contribution in [1.82, 2.24) is 10.2 Å². The van der Waals surface area contributed by atoms with Crippen molar-refractivity contribution in [1.29, 1.82) is 5.26 Å². The minimum absolute atomic E-state index is 0.0206. The molecule has 0 unspecified atom stereocenters. The summed E-state index contributed by atoms with van der Waals surface area (Å²) in [6.45, 7) is 5.68. The lowest BCUT2D eigenvalue weighted by Crippen LogP contribution is -2.51. The molecule has 22 heavy (non-hydrogen) atoms. The summed E-state index contributed by atoms with van der Waals surface area (Å²) >= 11 is 5.97. The first-order valence-electron chi connectivity index (χ1n) is 7.03. The molecule has 0 radical (unpaired) electrons. The van der Waals surface area contributed by atoms with Gasteiger partial charge in [0, 0.05) is 17.1 Å². The number of nitrogens with one attached hydrogen (secondary N) is 1. The molecular weight excluding hydrogens is 305 g/mol. The number of hydrogen-bond acceptors (Lipinski definition) is 3. The zero-order valence-corrected chi connectivity index (χ0v) is 14.0. The van der Waals surface area contributed by atoms with Crippen LogP contribution in [0.1, 0.15) is 26.3 Å². The Morgan fingerprint density at radius 1 is 1.55 bits per heavy atom. The molecule has 0 fully saturated rings. The van der Waals surface area contributed by atoms with Crippen molar-refractivity contribution in [2.45, 2.75) is 32.9 Å². The molecule has 0 saturated heterocycles. The van der Waals surface area contributed by atoms with Gasteiger partial charge in [-0.3, -0.25) is 9.69 Å². The van der Waals surface area contributed by atoms with Gasteiger partial charge in [0.15, 0.2) is 0 Å². The molecule has 0 aliphatic rings. The van der Waals surface area contributed by atoms with Gasteiger partial charge in [0.1, 0.15) is 11.4 Å². The highest BCUT2D eigenvalue weighted by atomic mass is 35.5. The Balaban J connectivity index is 2.68. The van der Waals surface area contributed by atoms with E-state index >= 15 is 0 Å². The van der Waals surface area contributed by atoms with E-state index in [9.17, 15) is 14.4 Å². The first-order chi connectivity index (χ1) is 10.2. The SMILES string of the molecule is CC(C)[C@@](C)(C#N)NC(=O)CN(C)Cc1c(F)cccc1Cl. The summed E-state index contributed by atoms with van der Waals surface area (Å²) in [4.78, 5) is 13.7. The second-order valence-electron chi connectivity index (χ2n) is 5.89. The molecule has 120 valence electrons. The standard InChI is InChI=1S/C16H21ClFN3O/c1-11(2)16(3,10-19)20-15(22)9-21(4)8-12-13(17)6-5-7-14(12)18/h5-7,11H,8-9H2,1-4H3,(H,20,22)/t16-/m1/s1. The second kappa shape index (κ2) is 7.57. The topological polar surface area (TPSA) is 56.1 Å². The molecule has 0 aliphatic heterocycles. The third-order valence-electron chi connectivity index (χ3n) is 3.69. The third-order valence-corrected chi connectivity index (χ3v) is 4.04. The summed E-state index contributed by atoms with van der Waals surface area (Å²) in [6.07, 6.45) is 0. The van der Waals surface area contributed by atoms with Gasteiger partial charge in [-0.15, -0.1) is 0 Å².